The Labute approximate surface area is 325 Å². The lowest BCUT2D eigenvalue weighted by Crippen LogP contribution is -2.45. The zero-order valence-corrected chi connectivity index (χ0v) is 35.1. The Balaban J connectivity index is 4.54. The smallest absolute Gasteiger partial charge is 0.268 e. The zero-order chi connectivity index (χ0) is 39.3. The first-order valence-electron chi connectivity index (χ1n) is 20.4. The molecular formula is C44H77N2O6P. The fourth-order valence-corrected chi connectivity index (χ4v) is 5.76. The van der Waals surface area contributed by atoms with Crippen molar-refractivity contribution in [3.8, 4) is 0 Å². The Hall–Kier alpha value is -2.32. The summed E-state index contributed by atoms with van der Waals surface area (Å²) in [7, 11) is 1.20. The van der Waals surface area contributed by atoms with Crippen molar-refractivity contribution in [1.82, 2.24) is 5.32 Å². The Morgan fingerprint density at radius 3 is 1.75 bits per heavy atom. The molecule has 9 heteroatoms. The summed E-state index contributed by atoms with van der Waals surface area (Å²) in [6, 6.07) is -0.920. The van der Waals surface area contributed by atoms with Gasteiger partial charge in [0.15, 0.2) is 0 Å². The molecule has 0 fully saturated rings. The van der Waals surface area contributed by atoms with E-state index in [2.05, 4.69) is 92.1 Å². The van der Waals surface area contributed by atoms with Crippen molar-refractivity contribution in [2.45, 2.75) is 148 Å². The van der Waals surface area contributed by atoms with Gasteiger partial charge in [-0.05, 0) is 77.0 Å². The summed E-state index contributed by atoms with van der Waals surface area (Å²) in [5.41, 5.74) is 0. The maximum absolute atomic E-state index is 12.8. The second kappa shape index (κ2) is 35.4. The number of aliphatic hydroxyl groups is 1. The van der Waals surface area contributed by atoms with Crippen LogP contribution in [0.5, 0.6) is 0 Å². The molecule has 0 saturated heterocycles. The largest absolute Gasteiger partial charge is 0.756 e. The maximum Gasteiger partial charge on any atom is 0.268 e. The van der Waals surface area contributed by atoms with Gasteiger partial charge in [0.25, 0.3) is 7.82 Å². The van der Waals surface area contributed by atoms with E-state index >= 15 is 0 Å². The van der Waals surface area contributed by atoms with Crippen LogP contribution in [0.3, 0.4) is 0 Å². The van der Waals surface area contributed by atoms with E-state index in [9.17, 15) is 19.4 Å². The molecule has 0 aromatic rings. The van der Waals surface area contributed by atoms with Gasteiger partial charge < -0.3 is 28.8 Å². The highest BCUT2D eigenvalue weighted by Crippen LogP contribution is 2.38. The molecule has 1 amide bonds. The zero-order valence-electron chi connectivity index (χ0n) is 34.2. The van der Waals surface area contributed by atoms with Crippen molar-refractivity contribution >= 4 is 13.7 Å². The van der Waals surface area contributed by atoms with Crippen molar-refractivity contribution in [3.05, 3.63) is 85.1 Å². The number of phosphoric acid groups is 1. The molecule has 0 aliphatic carbocycles. The highest BCUT2D eigenvalue weighted by Gasteiger charge is 2.23. The van der Waals surface area contributed by atoms with Gasteiger partial charge in [-0.3, -0.25) is 9.36 Å². The number of quaternary nitrogens is 1. The van der Waals surface area contributed by atoms with Crippen molar-refractivity contribution in [3.63, 3.8) is 0 Å². The van der Waals surface area contributed by atoms with Gasteiger partial charge in [-0.2, -0.15) is 0 Å². The van der Waals surface area contributed by atoms with Gasteiger partial charge in [0.05, 0.1) is 39.9 Å². The Morgan fingerprint density at radius 1 is 0.679 bits per heavy atom. The molecular weight excluding hydrogens is 683 g/mol. The van der Waals surface area contributed by atoms with Crippen LogP contribution in [0.15, 0.2) is 85.1 Å². The Kier molecular flexibility index (Phi) is 33.8. The second-order valence-corrected chi connectivity index (χ2v) is 16.0. The first-order valence-corrected chi connectivity index (χ1v) is 21.9. The molecule has 0 aliphatic heterocycles. The van der Waals surface area contributed by atoms with Crippen LogP contribution in [0.4, 0.5) is 0 Å². The van der Waals surface area contributed by atoms with E-state index in [-0.39, 0.29) is 12.5 Å². The van der Waals surface area contributed by atoms with Crippen LogP contribution in [0.25, 0.3) is 0 Å². The molecule has 0 aromatic carbocycles. The number of aliphatic hydroxyl groups excluding tert-OH is 1. The van der Waals surface area contributed by atoms with Crippen LogP contribution in [-0.2, 0) is 18.4 Å². The lowest BCUT2D eigenvalue weighted by molar-refractivity contribution is -0.870. The van der Waals surface area contributed by atoms with Crippen molar-refractivity contribution in [2.24, 2.45) is 0 Å². The minimum absolute atomic E-state index is 0.0170. The molecule has 0 heterocycles. The summed E-state index contributed by atoms with van der Waals surface area (Å²) in [4.78, 5) is 25.2. The van der Waals surface area contributed by atoms with Crippen molar-refractivity contribution in [2.75, 3.05) is 40.9 Å². The number of hydrogen-bond acceptors (Lipinski definition) is 6. The number of nitrogens with one attached hydrogen (secondary N) is 1. The summed E-state index contributed by atoms with van der Waals surface area (Å²) >= 11 is 0. The quantitative estimate of drug-likeness (QED) is 0.0288. The predicted molar refractivity (Wildman–Crippen MR) is 223 cm³/mol. The van der Waals surface area contributed by atoms with Crippen LogP contribution >= 0.6 is 7.82 Å². The lowest BCUT2D eigenvalue weighted by atomic mass is 10.1. The third kappa shape index (κ3) is 37.8. The lowest BCUT2D eigenvalue weighted by Gasteiger charge is -2.29. The monoisotopic (exact) mass is 761 g/mol. The van der Waals surface area contributed by atoms with E-state index in [1.54, 1.807) is 6.08 Å². The molecule has 0 spiro atoms. The molecule has 2 N–H and O–H groups in total. The normalized spacial score (nSPS) is 15.4. The molecule has 3 unspecified atom stereocenters. The molecule has 8 nitrogen and oxygen atoms in total. The summed E-state index contributed by atoms with van der Waals surface area (Å²) in [6.07, 6.45) is 47.7. The van der Waals surface area contributed by atoms with E-state index in [1.165, 1.54) is 19.3 Å². The molecule has 304 valence electrons. The number of unbranched alkanes of at least 4 members (excludes halogenated alkanes) is 10. The fraction of sp³-hybridized carbons (Fsp3) is 0.659. The molecule has 0 aliphatic rings. The minimum Gasteiger partial charge on any atom is -0.756 e. The number of hydrogen-bond donors (Lipinski definition) is 2. The van der Waals surface area contributed by atoms with Crippen molar-refractivity contribution in [1.29, 1.82) is 0 Å². The number of carbonyl (C=O) groups is 1. The molecule has 0 bridgehead atoms. The van der Waals surface area contributed by atoms with Crippen molar-refractivity contribution < 1.29 is 32.9 Å². The van der Waals surface area contributed by atoms with Gasteiger partial charge >= 0.3 is 0 Å². The number of nitrogens with zero attached hydrogens (tertiary/aromatic N) is 1. The third-order valence-electron chi connectivity index (χ3n) is 8.32. The summed E-state index contributed by atoms with van der Waals surface area (Å²) < 4.78 is 23.1. The standard InChI is InChI=1S/C44H77N2O6P/c1-6-8-10-12-14-16-18-20-21-22-23-24-25-26-28-30-32-34-36-38-44(48)45-42(41-52-53(49,50)51-40-39-46(3,4)5)43(47)37-35-33-31-29-27-19-17-15-13-11-9-7-2/h8,10,13-16,20-21,23-24,27,29,35,37,42-43,47H,6-7,9,11-12,17-19,22,25-26,28,30-34,36,38-41H2,1-5H3,(H-,45,48,49,50)/b10-8-,15-13+,16-14-,21-20-,24-23-,29-27+,37-35+. The molecule has 0 saturated carbocycles. The first-order chi connectivity index (χ1) is 25.5. The average molecular weight is 761 g/mol. The second-order valence-electron chi connectivity index (χ2n) is 14.6. The van der Waals surface area contributed by atoms with Crippen LogP contribution in [-0.4, -0.2) is 68.5 Å². The predicted octanol–water partition coefficient (Wildman–Crippen LogP) is 10.4. The average Bonchev–Trinajstić information content (AvgIpc) is 3.10. The number of phosphoric ester groups is 1. The van der Waals surface area contributed by atoms with Gasteiger partial charge in [0.2, 0.25) is 5.91 Å². The van der Waals surface area contributed by atoms with Crippen LogP contribution < -0.4 is 10.2 Å². The maximum atomic E-state index is 12.8. The van der Waals surface area contributed by atoms with Gasteiger partial charge in [0.1, 0.15) is 13.2 Å². The highest BCUT2D eigenvalue weighted by molar-refractivity contribution is 7.45. The Bertz CT molecular complexity index is 1140. The molecule has 53 heavy (non-hydrogen) atoms. The molecule has 0 rings (SSSR count). The van der Waals surface area contributed by atoms with Gasteiger partial charge in [0, 0.05) is 6.42 Å². The van der Waals surface area contributed by atoms with Gasteiger partial charge in [-0.25, -0.2) is 0 Å². The van der Waals surface area contributed by atoms with Crippen LogP contribution in [0.1, 0.15) is 136 Å². The van der Waals surface area contributed by atoms with E-state index in [4.69, 9.17) is 9.05 Å². The number of carbonyl (C=O) groups excluding carboxylic acids is 1. The van der Waals surface area contributed by atoms with Crippen LogP contribution in [0.2, 0.25) is 0 Å². The summed E-state index contributed by atoms with van der Waals surface area (Å²) in [6.45, 7) is 4.40. The number of allylic oxidation sites excluding steroid dienone is 13. The molecule has 0 radical (unpaired) electrons. The fourth-order valence-electron chi connectivity index (χ4n) is 5.04. The number of rotatable bonds is 35. The van der Waals surface area contributed by atoms with E-state index in [0.717, 1.165) is 96.3 Å². The third-order valence-corrected chi connectivity index (χ3v) is 9.28. The topological polar surface area (TPSA) is 108 Å². The molecule has 0 aromatic heterocycles. The first kappa shape index (κ1) is 50.7. The van der Waals surface area contributed by atoms with Gasteiger partial charge in [-0.15, -0.1) is 0 Å². The number of likely N-dealkylation sites (N-methyl/N-ethyl adjacent to an activating group) is 1. The van der Waals surface area contributed by atoms with Crippen LogP contribution in [0, 0.1) is 0 Å². The summed E-state index contributed by atoms with van der Waals surface area (Å²) in [5.74, 6) is -0.233. The molecule has 3 atom stereocenters. The van der Waals surface area contributed by atoms with E-state index in [0.29, 0.717) is 17.4 Å². The number of amides is 1. The van der Waals surface area contributed by atoms with E-state index < -0.39 is 26.6 Å². The Morgan fingerprint density at radius 2 is 1.17 bits per heavy atom. The van der Waals surface area contributed by atoms with Gasteiger partial charge in [-0.1, -0.05) is 137 Å². The highest BCUT2D eigenvalue weighted by atomic mass is 31.2. The SMILES string of the molecule is CC/C=C\C/C=C\C/C=C\C/C=C\CCCCCCCCC(=O)NC(COP(=O)([O-])OCC[N+](C)(C)C)C(O)/C=C/CC/C=C/CC/C=C/CCCC. The minimum atomic E-state index is -4.60. The summed E-state index contributed by atoms with van der Waals surface area (Å²) in [5, 5.41) is 13.7. The van der Waals surface area contributed by atoms with E-state index in [1.807, 2.05) is 27.2 Å².